The highest BCUT2D eigenvalue weighted by Crippen LogP contribution is 2.39. The lowest BCUT2D eigenvalue weighted by Gasteiger charge is -2.30. The van der Waals surface area contributed by atoms with Gasteiger partial charge in [0.2, 0.25) is 0 Å². The molecule has 21 heavy (non-hydrogen) atoms. The molecular formula is C16H25NO3S. The molecule has 2 heterocycles. The highest BCUT2D eigenvalue weighted by Gasteiger charge is 2.46. The smallest absolute Gasteiger partial charge is 0.307 e. The van der Waals surface area contributed by atoms with Gasteiger partial charge in [-0.15, -0.1) is 11.3 Å². The van der Waals surface area contributed by atoms with Crippen molar-refractivity contribution in [2.75, 3.05) is 7.11 Å². The summed E-state index contributed by atoms with van der Waals surface area (Å²) in [6.45, 7) is 8.42. The number of esters is 1. The zero-order valence-corrected chi connectivity index (χ0v) is 14.3. The van der Waals surface area contributed by atoms with Gasteiger partial charge in [0.25, 0.3) is 0 Å². The van der Waals surface area contributed by atoms with Gasteiger partial charge in [-0.05, 0) is 45.6 Å². The molecule has 118 valence electrons. The molecule has 2 rings (SSSR count). The number of rotatable bonds is 5. The predicted octanol–water partition coefficient (Wildman–Crippen LogP) is 3.29. The Kier molecular flexibility index (Phi) is 4.76. The molecule has 5 heteroatoms. The molecule has 1 saturated heterocycles. The van der Waals surface area contributed by atoms with Gasteiger partial charge in [-0.25, -0.2) is 0 Å². The molecule has 2 unspecified atom stereocenters. The Balaban J connectivity index is 2.14. The molecule has 1 aliphatic rings. The van der Waals surface area contributed by atoms with Crippen LogP contribution >= 0.6 is 11.3 Å². The van der Waals surface area contributed by atoms with Crippen molar-refractivity contribution >= 4 is 17.3 Å². The zero-order chi connectivity index (χ0) is 15.7. The Morgan fingerprint density at radius 1 is 1.52 bits per heavy atom. The molecule has 0 amide bonds. The van der Waals surface area contributed by atoms with Crippen LogP contribution in [0, 0.1) is 0 Å². The van der Waals surface area contributed by atoms with Gasteiger partial charge in [0.1, 0.15) is 0 Å². The SMILES string of the molecule is COC(=O)CC(NC1CC(C)(C)OC1(C)C)c1cccs1. The quantitative estimate of drug-likeness (QED) is 0.848. The number of hydrogen-bond acceptors (Lipinski definition) is 5. The second-order valence-electron chi connectivity index (χ2n) is 6.74. The van der Waals surface area contributed by atoms with Crippen molar-refractivity contribution in [1.29, 1.82) is 0 Å². The minimum Gasteiger partial charge on any atom is -0.469 e. The first kappa shape index (κ1) is 16.5. The van der Waals surface area contributed by atoms with Crippen molar-refractivity contribution in [1.82, 2.24) is 5.32 Å². The fourth-order valence-electron chi connectivity index (χ4n) is 3.05. The third-order valence-corrected chi connectivity index (χ3v) is 4.95. The van der Waals surface area contributed by atoms with E-state index in [1.165, 1.54) is 7.11 Å². The van der Waals surface area contributed by atoms with E-state index in [4.69, 9.17) is 9.47 Å². The summed E-state index contributed by atoms with van der Waals surface area (Å²) in [6, 6.07) is 4.23. The van der Waals surface area contributed by atoms with Crippen LogP contribution in [0.1, 0.15) is 51.5 Å². The summed E-state index contributed by atoms with van der Waals surface area (Å²) in [5.74, 6) is -0.197. The largest absolute Gasteiger partial charge is 0.469 e. The molecule has 0 spiro atoms. The Morgan fingerprint density at radius 2 is 2.24 bits per heavy atom. The monoisotopic (exact) mass is 311 g/mol. The molecule has 1 N–H and O–H groups in total. The van der Waals surface area contributed by atoms with Gasteiger partial charge in [0, 0.05) is 10.9 Å². The van der Waals surface area contributed by atoms with Gasteiger partial charge in [-0.1, -0.05) is 6.07 Å². The Bertz CT molecular complexity index is 482. The first-order valence-corrected chi connectivity index (χ1v) is 8.18. The van der Waals surface area contributed by atoms with Crippen LogP contribution in [0.4, 0.5) is 0 Å². The van der Waals surface area contributed by atoms with E-state index >= 15 is 0 Å². The fourth-order valence-corrected chi connectivity index (χ4v) is 3.83. The molecule has 4 nitrogen and oxygen atoms in total. The van der Waals surface area contributed by atoms with E-state index in [1.54, 1.807) is 11.3 Å². The summed E-state index contributed by atoms with van der Waals surface area (Å²) in [5, 5.41) is 5.64. The molecule has 0 radical (unpaired) electrons. The molecule has 1 aromatic heterocycles. The van der Waals surface area contributed by atoms with Crippen LogP contribution in [0.25, 0.3) is 0 Å². The van der Waals surface area contributed by atoms with Crippen LogP contribution in [-0.2, 0) is 14.3 Å². The van der Waals surface area contributed by atoms with Crippen LogP contribution in [0.15, 0.2) is 17.5 Å². The van der Waals surface area contributed by atoms with Crippen molar-refractivity contribution in [3.05, 3.63) is 22.4 Å². The lowest BCUT2D eigenvalue weighted by atomic mass is 9.93. The Labute approximate surface area is 130 Å². The molecule has 0 aromatic carbocycles. The number of methoxy groups -OCH3 is 1. The van der Waals surface area contributed by atoms with Crippen LogP contribution in [-0.4, -0.2) is 30.3 Å². The van der Waals surface area contributed by atoms with Crippen molar-refractivity contribution in [2.45, 2.75) is 63.8 Å². The summed E-state index contributed by atoms with van der Waals surface area (Å²) in [7, 11) is 1.43. The maximum atomic E-state index is 11.7. The number of carbonyl (C=O) groups is 1. The lowest BCUT2D eigenvalue weighted by Crippen LogP contribution is -2.45. The summed E-state index contributed by atoms with van der Waals surface area (Å²) in [5.41, 5.74) is -0.401. The molecule has 0 aliphatic carbocycles. The van der Waals surface area contributed by atoms with Gasteiger partial charge in [0.15, 0.2) is 0 Å². The Morgan fingerprint density at radius 3 is 2.71 bits per heavy atom. The number of carbonyl (C=O) groups excluding carboxylic acids is 1. The minimum atomic E-state index is -0.255. The predicted molar refractivity (Wildman–Crippen MR) is 84.5 cm³/mol. The zero-order valence-electron chi connectivity index (χ0n) is 13.4. The summed E-state index contributed by atoms with van der Waals surface area (Å²) < 4.78 is 11.0. The maximum Gasteiger partial charge on any atom is 0.307 e. The molecular weight excluding hydrogens is 286 g/mol. The second-order valence-corrected chi connectivity index (χ2v) is 7.72. The van der Waals surface area contributed by atoms with Gasteiger partial charge >= 0.3 is 5.97 Å². The molecule has 0 saturated carbocycles. The first-order chi connectivity index (χ1) is 9.73. The van der Waals surface area contributed by atoms with Gasteiger partial charge in [-0.2, -0.15) is 0 Å². The van der Waals surface area contributed by atoms with Gasteiger partial charge in [0.05, 0.1) is 30.8 Å². The highest BCUT2D eigenvalue weighted by atomic mass is 32.1. The van der Waals surface area contributed by atoms with Crippen molar-refractivity contribution in [3.8, 4) is 0 Å². The molecule has 1 fully saturated rings. The van der Waals surface area contributed by atoms with E-state index in [0.29, 0.717) is 6.42 Å². The average molecular weight is 311 g/mol. The molecule has 2 atom stereocenters. The minimum absolute atomic E-state index is 0.0285. The fraction of sp³-hybridized carbons (Fsp3) is 0.688. The van der Waals surface area contributed by atoms with E-state index in [1.807, 2.05) is 11.4 Å². The van der Waals surface area contributed by atoms with E-state index in [-0.39, 0.29) is 29.3 Å². The summed E-state index contributed by atoms with van der Waals surface area (Å²) in [4.78, 5) is 12.8. The second kappa shape index (κ2) is 6.07. The summed E-state index contributed by atoms with van der Waals surface area (Å²) in [6.07, 6.45) is 1.26. The first-order valence-electron chi connectivity index (χ1n) is 7.30. The third-order valence-electron chi connectivity index (χ3n) is 3.96. The third kappa shape index (κ3) is 4.05. The van der Waals surface area contributed by atoms with Crippen molar-refractivity contribution in [2.24, 2.45) is 0 Å². The molecule has 1 aliphatic heterocycles. The van der Waals surface area contributed by atoms with E-state index in [0.717, 1.165) is 11.3 Å². The number of nitrogens with one attached hydrogen (secondary N) is 1. The van der Waals surface area contributed by atoms with Crippen LogP contribution in [0.2, 0.25) is 0 Å². The van der Waals surface area contributed by atoms with Crippen LogP contribution < -0.4 is 5.32 Å². The van der Waals surface area contributed by atoms with Gasteiger partial charge in [-0.3, -0.25) is 4.79 Å². The number of hydrogen-bond donors (Lipinski definition) is 1. The maximum absolute atomic E-state index is 11.7. The Hall–Kier alpha value is -0.910. The molecule has 0 bridgehead atoms. The standard InChI is InChI=1S/C16H25NO3S/c1-15(2)10-13(16(3,4)20-15)17-11(9-14(18)19-5)12-7-6-8-21-12/h6-8,11,13,17H,9-10H2,1-5H3. The van der Waals surface area contributed by atoms with Crippen LogP contribution in [0.5, 0.6) is 0 Å². The van der Waals surface area contributed by atoms with Crippen LogP contribution in [0.3, 0.4) is 0 Å². The van der Waals surface area contributed by atoms with Gasteiger partial charge < -0.3 is 14.8 Å². The van der Waals surface area contributed by atoms with E-state index in [2.05, 4.69) is 39.1 Å². The summed E-state index contributed by atoms with van der Waals surface area (Å²) >= 11 is 1.66. The van der Waals surface area contributed by atoms with Crippen molar-refractivity contribution < 1.29 is 14.3 Å². The van der Waals surface area contributed by atoms with Crippen molar-refractivity contribution in [3.63, 3.8) is 0 Å². The van der Waals surface area contributed by atoms with E-state index in [9.17, 15) is 4.79 Å². The average Bonchev–Trinajstić information content (AvgIpc) is 2.94. The topological polar surface area (TPSA) is 47.6 Å². The molecule has 1 aromatic rings. The highest BCUT2D eigenvalue weighted by molar-refractivity contribution is 7.10. The van der Waals surface area contributed by atoms with E-state index < -0.39 is 0 Å². The number of thiophene rings is 1. The number of ether oxygens (including phenoxy) is 2. The lowest BCUT2D eigenvalue weighted by molar-refractivity contribution is -0.141. The normalized spacial score (nSPS) is 24.7.